The van der Waals surface area contributed by atoms with E-state index < -0.39 is 5.41 Å². The number of anilines is 2. The zero-order valence-corrected chi connectivity index (χ0v) is 29.0. The molecule has 46 heavy (non-hydrogen) atoms. The fourth-order valence-electron chi connectivity index (χ4n) is 5.33. The summed E-state index contributed by atoms with van der Waals surface area (Å²) in [4.78, 5) is 50.7. The second kappa shape index (κ2) is 17.2. The number of methoxy groups -OCH3 is 1. The number of benzene rings is 2. The SMILES string of the molecule is CCN1C(=O)C(C)(C)C(=O)N(C)c2cc(OCCCN(CCN(C)C(=O)c3cccc(OC)c3)Cc3ccncc3)ccc21.Cl.Cl. The Morgan fingerprint density at radius 2 is 1.63 bits per heavy atom. The number of pyridine rings is 1. The summed E-state index contributed by atoms with van der Waals surface area (Å²) in [6.07, 6.45) is 4.31. The van der Waals surface area contributed by atoms with Crippen LogP contribution in [0.2, 0.25) is 0 Å². The van der Waals surface area contributed by atoms with Crippen molar-refractivity contribution in [3.05, 3.63) is 78.1 Å². The normalized spacial score (nSPS) is 13.7. The molecule has 0 N–H and O–H groups in total. The van der Waals surface area contributed by atoms with Crippen LogP contribution in [-0.4, -0.2) is 86.5 Å². The lowest BCUT2D eigenvalue weighted by atomic mass is 9.90. The molecule has 250 valence electrons. The molecule has 3 aromatic rings. The van der Waals surface area contributed by atoms with Gasteiger partial charge < -0.3 is 24.2 Å². The van der Waals surface area contributed by atoms with Gasteiger partial charge in [-0.3, -0.25) is 24.3 Å². The van der Waals surface area contributed by atoms with Crippen molar-refractivity contribution in [1.29, 1.82) is 0 Å². The van der Waals surface area contributed by atoms with Crippen LogP contribution in [0.25, 0.3) is 0 Å². The number of nitrogens with zero attached hydrogens (tertiary/aromatic N) is 5. The molecule has 0 radical (unpaired) electrons. The van der Waals surface area contributed by atoms with Crippen molar-refractivity contribution in [3.8, 4) is 11.5 Å². The summed E-state index contributed by atoms with van der Waals surface area (Å²) in [5.74, 6) is 0.759. The van der Waals surface area contributed by atoms with Gasteiger partial charge in [-0.2, -0.15) is 0 Å². The number of halogens is 2. The Hall–Kier alpha value is -3.86. The topological polar surface area (TPSA) is 95.5 Å². The van der Waals surface area contributed by atoms with Crippen molar-refractivity contribution < 1.29 is 23.9 Å². The Morgan fingerprint density at radius 3 is 2.30 bits per heavy atom. The Bertz CT molecular complexity index is 1470. The van der Waals surface area contributed by atoms with E-state index in [1.807, 2.05) is 56.4 Å². The van der Waals surface area contributed by atoms with Gasteiger partial charge in [0.1, 0.15) is 16.9 Å². The number of rotatable bonds is 13. The maximum atomic E-state index is 13.2. The van der Waals surface area contributed by atoms with Gasteiger partial charge in [0, 0.05) is 70.8 Å². The fourth-order valence-corrected chi connectivity index (χ4v) is 5.33. The maximum Gasteiger partial charge on any atom is 0.253 e. The molecule has 0 aliphatic carbocycles. The van der Waals surface area contributed by atoms with Crippen LogP contribution < -0.4 is 19.3 Å². The molecule has 2 aromatic carbocycles. The van der Waals surface area contributed by atoms with Crippen molar-refractivity contribution in [2.24, 2.45) is 5.41 Å². The van der Waals surface area contributed by atoms with E-state index in [1.54, 1.807) is 67.2 Å². The van der Waals surface area contributed by atoms with Gasteiger partial charge in [-0.15, -0.1) is 24.8 Å². The lowest BCUT2D eigenvalue weighted by Gasteiger charge is -2.27. The summed E-state index contributed by atoms with van der Waals surface area (Å²) in [5.41, 5.74) is 1.91. The van der Waals surface area contributed by atoms with Crippen LogP contribution in [0.3, 0.4) is 0 Å². The van der Waals surface area contributed by atoms with Crippen LogP contribution in [0.5, 0.6) is 11.5 Å². The first-order chi connectivity index (χ1) is 21.1. The number of carbonyl (C=O) groups excluding carboxylic acids is 3. The van der Waals surface area contributed by atoms with Crippen LogP contribution in [0.4, 0.5) is 11.4 Å². The van der Waals surface area contributed by atoms with E-state index in [1.165, 1.54) is 0 Å². The molecule has 0 unspecified atom stereocenters. The van der Waals surface area contributed by atoms with E-state index >= 15 is 0 Å². The van der Waals surface area contributed by atoms with Crippen molar-refractivity contribution >= 4 is 53.9 Å². The quantitative estimate of drug-likeness (QED) is 0.179. The summed E-state index contributed by atoms with van der Waals surface area (Å²) in [6, 6.07) is 16.7. The molecule has 0 spiro atoms. The first kappa shape index (κ1) is 38.3. The van der Waals surface area contributed by atoms with Gasteiger partial charge in [0.05, 0.1) is 25.1 Å². The third kappa shape index (κ3) is 8.90. The molecule has 2 heterocycles. The second-order valence-electron chi connectivity index (χ2n) is 11.5. The zero-order valence-electron chi connectivity index (χ0n) is 27.4. The lowest BCUT2D eigenvalue weighted by molar-refractivity contribution is -0.137. The van der Waals surface area contributed by atoms with Crippen LogP contribution in [0.1, 0.15) is 43.1 Å². The average molecular weight is 675 g/mol. The molecule has 0 bridgehead atoms. The summed E-state index contributed by atoms with van der Waals surface area (Å²) in [7, 11) is 5.10. The second-order valence-corrected chi connectivity index (χ2v) is 11.5. The number of hydrogen-bond donors (Lipinski definition) is 0. The highest BCUT2D eigenvalue weighted by atomic mass is 35.5. The van der Waals surface area contributed by atoms with Gasteiger partial charge in [0.2, 0.25) is 11.8 Å². The standard InChI is InChI=1S/C34H43N5O5.2ClH/c1-7-39-29-13-12-28(23-30(29)37(5)32(41)34(2,3)33(39)42)44-21-9-18-38(24-25-14-16-35-17-15-25)20-19-36(4)31(40)26-10-8-11-27(22-26)43-6;;/h8,10-17,22-23H,7,9,18-21,24H2,1-6H3;2*1H. The number of ether oxygens (including phenoxy) is 2. The molecule has 1 aliphatic heterocycles. The van der Waals surface area contributed by atoms with Gasteiger partial charge >= 0.3 is 0 Å². The number of fused-ring (bicyclic) bond motifs is 1. The Morgan fingerprint density at radius 1 is 0.913 bits per heavy atom. The summed E-state index contributed by atoms with van der Waals surface area (Å²) >= 11 is 0. The Labute approximate surface area is 284 Å². The minimum atomic E-state index is -1.16. The molecule has 3 amide bonds. The third-order valence-corrected chi connectivity index (χ3v) is 7.99. The third-order valence-electron chi connectivity index (χ3n) is 7.99. The summed E-state index contributed by atoms with van der Waals surface area (Å²) < 4.78 is 11.4. The minimum absolute atomic E-state index is 0. The van der Waals surface area contributed by atoms with Gasteiger partial charge in [-0.25, -0.2) is 0 Å². The van der Waals surface area contributed by atoms with E-state index in [0.717, 1.165) is 18.5 Å². The Kier molecular flexibility index (Phi) is 14.3. The van der Waals surface area contributed by atoms with Gasteiger partial charge in [0.15, 0.2) is 0 Å². The monoisotopic (exact) mass is 673 g/mol. The molecular weight excluding hydrogens is 629 g/mol. The van der Waals surface area contributed by atoms with Crippen LogP contribution in [0.15, 0.2) is 67.0 Å². The minimum Gasteiger partial charge on any atom is -0.497 e. The first-order valence-corrected chi connectivity index (χ1v) is 14.9. The first-order valence-electron chi connectivity index (χ1n) is 14.9. The van der Waals surface area contributed by atoms with Crippen LogP contribution in [0, 0.1) is 5.41 Å². The van der Waals surface area contributed by atoms with E-state index in [-0.39, 0.29) is 42.5 Å². The predicted octanol–water partition coefficient (Wildman–Crippen LogP) is 5.33. The Balaban J connectivity index is 0.00000368. The smallest absolute Gasteiger partial charge is 0.253 e. The fraction of sp³-hybridized carbons (Fsp3) is 0.412. The largest absolute Gasteiger partial charge is 0.497 e. The van der Waals surface area contributed by atoms with Gasteiger partial charge in [0.25, 0.3) is 5.91 Å². The molecule has 1 aromatic heterocycles. The van der Waals surface area contributed by atoms with E-state index in [9.17, 15) is 14.4 Å². The van der Waals surface area contributed by atoms with Gasteiger partial charge in [-0.05, 0) is 75.2 Å². The van der Waals surface area contributed by atoms with Crippen molar-refractivity contribution in [3.63, 3.8) is 0 Å². The highest BCUT2D eigenvalue weighted by molar-refractivity contribution is 6.20. The number of carbonyl (C=O) groups is 3. The van der Waals surface area contributed by atoms with Crippen LogP contribution in [-0.2, 0) is 16.1 Å². The summed E-state index contributed by atoms with van der Waals surface area (Å²) in [6.45, 7) is 8.86. The molecule has 1 aliphatic rings. The molecule has 12 heteroatoms. The highest BCUT2D eigenvalue weighted by Crippen LogP contribution is 2.40. The molecule has 4 rings (SSSR count). The number of likely N-dealkylation sites (N-methyl/N-ethyl adjacent to an activating group) is 1. The van der Waals surface area contributed by atoms with Crippen molar-refractivity contribution in [2.75, 3.05) is 63.8 Å². The number of hydrogen-bond acceptors (Lipinski definition) is 7. The van der Waals surface area contributed by atoms with E-state index in [2.05, 4.69) is 9.88 Å². The van der Waals surface area contributed by atoms with Gasteiger partial charge in [-0.1, -0.05) is 6.07 Å². The summed E-state index contributed by atoms with van der Waals surface area (Å²) in [5, 5.41) is 0. The molecule has 0 saturated heterocycles. The molecule has 0 atom stereocenters. The molecule has 0 saturated carbocycles. The van der Waals surface area contributed by atoms with Crippen LogP contribution >= 0.6 is 24.8 Å². The van der Waals surface area contributed by atoms with Crippen molar-refractivity contribution in [1.82, 2.24) is 14.8 Å². The lowest BCUT2D eigenvalue weighted by Crippen LogP contribution is -2.47. The predicted molar refractivity (Wildman–Crippen MR) is 186 cm³/mol. The van der Waals surface area contributed by atoms with E-state index in [0.29, 0.717) is 61.2 Å². The van der Waals surface area contributed by atoms with E-state index in [4.69, 9.17) is 9.47 Å². The molecule has 0 fully saturated rings. The zero-order chi connectivity index (χ0) is 31.9. The molecule has 10 nitrogen and oxygen atoms in total. The maximum absolute atomic E-state index is 13.2. The van der Waals surface area contributed by atoms with Crippen molar-refractivity contribution in [2.45, 2.75) is 33.7 Å². The molecular formula is C34H45Cl2N5O5. The highest BCUT2D eigenvalue weighted by Gasteiger charge is 2.45. The average Bonchev–Trinajstić information content (AvgIpc) is 3.09. The number of aromatic nitrogens is 1. The number of amides is 3.